The fraction of sp³-hybridized carbons (Fsp3) is 0.448. The molecule has 4 aliphatic heterocycles. The van der Waals surface area contributed by atoms with Gasteiger partial charge in [-0.3, -0.25) is 14.3 Å². The summed E-state index contributed by atoms with van der Waals surface area (Å²) < 4.78 is 25.6. The van der Waals surface area contributed by atoms with Crippen LogP contribution in [-0.4, -0.2) is 76.8 Å². The monoisotopic (exact) mass is 581 g/mol. The number of para-hydroxylation sites is 1. The summed E-state index contributed by atoms with van der Waals surface area (Å²) in [6, 6.07) is 10.2. The number of ether oxygens (including phenoxy) is 4. The third-order valence-corrected chi connectivity index (χ3v) is 8.10. The zero-order chi connectivity index (χ0) is 28.4. The smallest absolute Gasteiger partial charge is 0.257 e. The van der Waals surface area contributed by atoms with Crippen molar-refractivity contribution in [1.29, 1.82) is 0 Å². The Morgan fingerprint density at radius 1 is 1.10 bits per heavy atom. The van der Waals surface area contributed by atoms with Gasteiger partial charge in [-0.1, -0.05) is 22.9 Å². The topological polar surface area (TPSA) is 117 Å². The Balaban J connectivity index is 1.27. The highest BCUT2D eigenvalue weighted by molar-refractivity contribution is 6.30. The van der Waals surface area contributed by atoms with Crippen molar-refractivity contribution in [2.45, 2.75) is 50.5 Å². The first-order chi connectivity index (χ1) is 19.9. The first-order valence-corrected chi connectivity index (χ1v) is 14.2. The van der Waals surface area contributed by atoms with E-state index in [1.54, 1.807) is 47.3 Å². The Morgan fingerprint density at radius 2 is 1.95 bits per heavy atom. The predicted molar refractivity (Wildman–Crippen MR) is 149 cm³/mol. The lowest BCUT2D eigenvalue weighted by atomic mass is 9.87. The van der Waals surface area contributed by atoms with Crippen LogP contribution in [0.1, 0.15) is 52.1 Å². The van der Waals surface area contributed by atoms with Crippen molar-refractivity contribution in [2.24, 2.45) is 0 Å². The van der Waals surface area contributed by atoms with Crippen molar-refractivity contribution >= 4 is 23.4 Å². The van der Waals surface area contributed by atoms with E-state index in [0.717, 1.165) is 0 Å². The zero-order valence-corrected chi connectivity index (χ0v) is 23.6. The molecule has 1 atom stereocenters. The maximum atomic E-state index is 13.5. The van der Waals surface area contributed by atoms with Gasteiger partial charge in [0.1, 0.15) is 18.1 Å². The molecule has 4 aliphatic rings. The van der Waals surface area contributed by atoms with Crippen LogP contribution in [0.3, 0.4) is 0 Å². The highest BCUT2D eigenvalue weighted by atomic mass is 35.5. The fourth-order valence-corrected chi connectivity index (χ4v) is 5.86. The maximum Gasteiger partial charge on any atom is 0.257 e. The largest absolute Gasteiger partial charge is 0.493 e. The Bertz CT molecular complexity index is 1440. The van der Waals surface area contributed by atoms with Gasteiger partial charge in [0.2, 0.25) is 0 Å². The fourth-order valence-electron chi connectivity index (χ4n) is 5.70. The van der Waals surface area contributed by atoms with Crippen LogP contribution in [0.2, 0.25) is 5.02 Å². The van der Waals surface area contributed by atoms with E-state index >= 15 is 0 Å². The number of halogens is 1. The van der Waals surface area contributed by atoms with E-state index < -0.39 is 0 Å². The first-order valence-electron chi connectivity index (χ1n) is 13.8. The summed E-state index contributed by atoms with van der Waals surface area (Å²) in [5.74, 6) is 0.898. The Kier molecular flexibility index (Phi) is 7.72. The minimum absolute atomic E-state index is 0.0945. The summed E-state index contributed by atoms with van der Waals surface area (Å²) in [7, 11) is 1.54. The number of carbonyl (C=O) groups is 2. The number of amides is 2. The molecule has 5 bridgehead atoms. The van der Waals surface area contributed by atoms with E-state index in [0.29, 0.717) is 97.6 Å². The number of methoxy groups -OCH3 is 1. The van der Waals surface area contributed by atoms with Gasteiger partial charge >= 0.3 is 0 Å². The summed E-state index contributed by atoms with van der Waals surface area (Å²) in [5, 5.41) is 12.0. The van der Waals surface area contributed by atoms with Gasteiger partial charge in [0, 0.05) is 31.1 Å². The van der Waals surface area contributed by atoms with Crippen molar-refractivity contribution in [3.63, 3.8) is 0 Å². The molecule has 1 aromatic heterocycles. The quantitative estimate of drug-likeness (QED) is 0.464. The number of hydrogen-bond acceptors (Lipinski definition) is 8. The summed E-state index contributed by atoms with van der Waals surface area (Å²) in [5.41, 5.74) is 1.07. The predicted octanol–water partition coefficient (Wildman–Crippen LogP) is 3.50. The molecule has 2 amide bonds. The Morgan fingerprint density at radius 3 is 2.78 bits per heavy atom. The minimum atomic E-state index is -0.384. The van der Waals surface area contributed by atoms with Gasteiger partial charge in [-0.2, -0.15) is 0 Å². The number of hydrogen-bond donors (Lipinski definition) is 1. The lowest BCUT2D eigenvalue weighted by Crippen LogP contribution is -2.47. The van der Waals surface area contributed by atoms with E-state index in [2.05, 4.69) is 15.6 Å². The highest BCUT2D eigenvalue weighted by Crippen LogP contribution is 2.38. The average Bonchev–Trinajstić information content (AvgIpc) is 3.60. The normalized spacial score (nSPS) is 23.3. The lowest BCUT2D eigenvalue weighted by Gasteiger charge is -2.38. The minimum Gasteiger partial charge on any atom is -0.493 e. The van der Waals surface area contributed by atoms with E-state index in [9.17, 15) is 9.59 Å². The van der Waals surface area contributed by atoms with E-state index in [1.807, 2.05) is 4.90 Å². The summed E-state index contributed by atoms with van der Waals surface area (Å²) in [4.78, 5) is 28.8. The molecule has 2 saturated heterocycles. The molecule has 1 N–H and O–H groups in total. The second-order valence-electron chi connectivity index (χ2n) is 10.6. The van der Waals surface area contributed by atoms with Gasteiger partial charge < -0.3 is 29.2 Å². The molecule has 11 nitrogen and oxygen atoms in total. The molecule has 5 heterocycles. The number of nitrogens with zero attached hydrogens (tertiary/aromatic N) is 4. The van der Waals surface area contributed by atoms with Crippen molar-refractivity contribution in [3.8, 4) is 17.2 Å². The number of carbonyl (C=O) groups excluding carboxylic acids is 2. The van der Waals surface area contributed by atoms with Gasteiger partial charge in [0.25, 0.3) is 11.8 Å². The van der Waals surface area contributed by atoms with Gasteiger partial charge in [-0.05, 0) is 49.6 Å². The number of nitrogens with one attached hydrogen (secondary N) is 1. The zero-order valence-electron chi connectivity index (χ0n) is 22.8. The summed E-state index contributed by atoms with van der Waals surface area (Å²) >= 11 is 6.24. The summed E-state index contributed by atoms with van der Waals surface area (Å²) in [6.07, 6.45) is 4.44. The van der Waals surface area contributed by atoms with Crippen LogP contribution in [0.4, 0.5) is 0 Å². The van der Waals surface area contributed by atoms with Crippen LogP contribution in [0.15, 0.2) is 42.6 Å². The number of piperidine rings is 1. The van der Waals surface area contributed by atoms with Crippen LogP contribution >= 0.6 is 11.6 Å². The lowest BCUT2D eigenvalue weighted by molar-refractivity contribution is -0.0389. The molecular formula is C29H32ClN5O6. The van der Waals surface area contributed by atoms with Crippen molar-refractivity contribution in [1.82, 2.24) is 25.2 Å². The molecule has 0 radical (unpaired) electrons. The van der Waals surface area contributed by atoms with Crippen molar-refractivity contribution in [2.75, 3.05) is 33.4 Å². The van der Waals surface area contributed by atoms with Crippen LogP contribution in [-0.2, 0) is 17.9 Å². The van der Waals surface area contributed by atoms with Gasteiger partial charge in [-0.25, -0.2) is 0 Å². The van der Waals surface area contributed by atoms with E-state index in [4.69, 9.17) is 30.5 Å². The third-order valence-electron chi connectivity index (χ3n) is 7.86. The molecule has 12 heteroatoms. The standard InChI is InChI=1S/C29H32ClN5O6/c1-38-24-5-2-4-23-26(24)40-17-21-16-35(33-32-21)10-3-13-39-25-14-19(30)6-7-22(25)28(37)34-11-8-29(9-12-34)15-20(18-41-29)31-27(23)36/h2,4-7,14,16,20H,3,8-13,15,17-18H2,1H3,(H,31,36). The molecular weight excluding hydrogens is 550 g/mol. The number of aromatic nitrogens is 3. The van der Waals surface area contributed by atoms with Crippen molar-refractivity contribution in [3.05, 3.63) is 64.4 Å². The first kappa shape index (κ1) is 27.3. The number of fused-ring (bicyclic) bond motifs is 7. The second kappa shape index (κ2) is 11.6. The highest BCUT2D eigenvalue weighted by Gasteiger charge is 2.44. The summed E-state index contributed by atoms with van der Waals surface area (Å²) in [6.45, 7) is 2.52. The molecule has 1 unspecified atom stereocenters. The van der Waals surface area contributed by atoms with Crippen LogP contribution in [0.5, 0.6) is 17.2 Å². The SMILES string of the molecule is COc1cccc2c1OCc1cn(nn1)CCCOc1cc(Cl)ccc1C(=O)N1CCC3(CC1)CC(CO3)NC2=O. The average molecular weight is 582 g/mol. The number of rotatable bonds is 1. The molecule has 7 rings (SSSR count). The number of aryl methyl sites for hydroxylation is 1. The maximum absolute atomic E-state index is 13.5. The molecule has 0 aliphatic carbocycles. The molecule has 2 aromatic carbocycles. The van der Waals surface area contributed by atoms with Gasteiger partial charge in [0.05, 0.1) is 49.3 Å². The molecule has 41 heavy (non-hydrogen) atoms. The molecule has 2 fully saturated rings. The van der Waals surface area contributed by atoms with Crippen LogP contribution in [0, 0.1) is 0 Å². The molecule has 3 aromatic rings. The van der Waals surface area contributed by atoms with E-state index in [-0.39, 0.29) is 30.1 Å². The molecule has 1 spiro atoms. The Hall–Kier alpha value is -3.83. The van der Waals surface area contributed by atoms with Crippen LogP contribution in [0.25, 0.3) is 0 Å². The molecule has 216 valence electrons. The third kappa shape index (κ3) is 5.82. The van der Waals surface area contributed by atoms with E-state index in [1.165, 1.54) is 7.11 Å². The van der Waals surface area contributed by atoms with Gasteiger partial charge in [-0.15, -0.1) is 5.10 Å². The Labute approximate surface area is 242 Å². The van der Waals surface area contributed by atoms with Crippen molar-refractivity contribution < 1.29 is 28.5 Å². The second-order valence-corrected chi connectivity index (χ2v) is 11.0. The van der Waals surface area contributed by atoms with Crippen LogP contribution < -0.4 is 19.5 Å². The molecule has 0 saturated carbocycles. The number of benzene rings is 2. The van der Waals surface area contributed by atoms with Gasteiger partial charge in [0.15, 0.2) is 11.5 Å².